The summed E-state index contributed by atoms with van der Waals surface area (Å²) in [5.74, 6) is -1.74. The predicted molar refractivity (Wildman–Crippen MR) is 84.4 cm³/mol. The molecule has 4 aliphatic rings. The maximum atomic E-state index is 12.9. The van der Waals surface area contributed by atoms with Gasteiger partial charge in [0.25, 0.3) is 0 Å². The number of rotatable bonds is 2. The van der Waals surface area contributed by atoms with Crippen molar-refractivity contribution in [3.05, 3.63) is 47.2 Å². The molecule has 142 valence electrons. The van der Waals surface area contributed by atoms with Gasteiger partial charge in [0.05, 0.1) is 6.10 Å². The van der Waals surface area contributed by atoms with E-state index in [1.165, 1.54) is 6.08 Å². The van der Waals surface area contributed by atoms with Crippen molar-refractivity contribution in [3.63, 3.8) is 0 Å². The highest BCUT2D eigenvalue weighted by Gasteiger charge is 2.62. The van der Waals surface area contributed by atoms with Gasteiger partial charge in [0.1, 0.15) is 0 Å². The van der Waals surface area contributed by atoms with E-state index in [9.17, 15) is 21.6 Å². The van der Waals surface area contributed by atoms with Gasteiger partial charge in [0.15, 0.2) is 17.1 Å². The molecule has 0 aromatic heterocycles. The molecule has 1 aromatic carbocycles. The molecule has 1 heterocycles. The second kappa shape index (κ2) is 5.24. The Morgan fingerprint density at radius 2 is 1.92 bits per heavy atom. The first-order chi connectivity index (χ1) is 11.9. The first-order valence-corrected chi connectivity index (χ1v) is 9.53. The molecule has 1 aliphatic heterocycles. The summed E-state index contributed by atoms with van der Waals surface area (Å²) in [6, 6.07) is 7.38. The van der Waals surface area contributed by atoms with Crippen molar-refractivity contribution >= 4 is 10.1 Å². The fraction of sp³-hybridized carbons (Fsp3) is 0.529. The van der Waals surface area contributed by atoms with E-state index >= 15 is 0 Å². The Morgan fingerprint density at radius 3 is 2.62 bits per heavy atom. The fourth-order valence-electron chi connectivity index (χ4n) is 4.09. The molecular weight excluding hydrogens is 373 g/mol. The zero-order valence-electron chi connectivity index (χ0n) is 14.0. The van der Waals surface area contributed by atoms with Gasteiger partial charge in [-0.2, -0.15) is 21.6 Å². The lowest BCUT2D eigenvalue weighted by Crippen LogP contribution is -2.47. The smallest absolute Gasteiger partial charge is 0.378 e. The highest BCUT2D eigenvalue weighted by molar-refractivity contribution is 7.87. The molecular formula is C17H17F3O5S. The molecule has 0 N–H and O–H groups in total. The number of hydrogen-bond acceptors (Lipinski definition) is 5. The zero-order valence-corrected chi connectivity index (χ0v) is 14.9. The van der Waals surface area contributed by atoms with Crippen LogP contribution in [0.5, 0.6) is 0 Å². The average Bonchev–Trinajstić information content (AvgIpc) is 2.62. The monoisotopic (exact) mass is 390 g/mol. The van der Waals surface area contributed by atoms with Crippen LogP contribution in [0.3, 0.4) is 0 Å². The first kappa shape index (κ1) is 17.8. The molecule has 3 atom stereocenters. The fourth-order valence-corrected chi connectivity index (χ4v) is 4.62. The summed E-state index contributed by atoms with van der Waals surface area (Å²) >= 11 is 0. The first-order valence-electron chi connectivity index (χ1n) is 8.12. The SMILES string of the molecule is CC1(C)OC2C[C@@H]3C=C(OS(=O)(=O)C(F)(F)F)[C@]2(Cc2ccccc23)O1. The van der Waals surface area contributed by atoms with Crippen molar-refractivity contribution < 1.29 is 35.2 Å². The predicted octanol–water partition coefficient (Wildman–Crippen LogP) is 3.37. The van der Waals surface area contributed by atoms with Crippen LogP contribution in [-0.4, -0.2) is 31.4 Å². The lowest BCUT2D eigenvalue weighted by molar-refractivity contribution is -0.160. The maximum Gasteiger partial charge on any atom is 0.534 e. The zero-order chi connectivity index (χ0) is 19.0. The second-order valence-corrected chi connectivity index (χ2v) is 8.77. The Bertz CT molecular complexity index is 890. The van der Waals surface area contributed by atoms with Crippen molar-refractivity contribution in [1.29, 1.82) is 0 Å². The Labute approximate surface area is 148 Å². The van der Waals surface area contributed by atoms with Gasteiger partial charge in [-0.15, -0.1) is 0 Å². The minimum absolute atomic E-state index is 0.174. The van der Waals surface area contributed by atoms with Crippen molar-refractivity contribution in [1.82, 2.24) is 0 Å². The van der Waals surface area contributed by atoms with Crippen LogP contribution in [0.4, 0.5) is 13.2 Å². The van der Waals surface area contributed by atoms with Gasteiger partial charge in [-0.1, -0.05) is 24.3 Å². The van der Waals surface area contributed by atoms with Gasteiger partial charge < -0.3 is 13.7 Å². The van der Waals surface area contributed by atoms with Crippen LogP contribution in [0.15, 0.2) is 36.1 Å². The van der Waals surface area contributed by atoms with E-state index in [0.717, 1.165) is 11.1 Å². The number of allylic oxidation sites excluding steroid dienone is 1. The van der Waals surface area contributed by atoms with E-state index in [0.29, 0.717) is 6.42 Å². The molecule has 5 nitrogen and oxygen atoms in total. The van der Waals surface area contributed by atoms with Crippen molar-refractivity contribution in [2.24, 2.45) is 0 Å². The maximum absolute atomic E-state index is 12.9. The molecule has 0 saturated carbocycles. The van der Waals surface area contributed by atoms with Crippen LogP contribution in [0, 0.1) is 0 Å². The molecule has 1 fully saturated rings. The van der Waals surface area contributed by atoms with Gasteiger partial charge in [0, 0.05) is 12.3 Å². The van der Waals surface area contributed by atoms with E-state index < -0.39 is 33.1 Å². The minimum Gasteiger partial charge on any atom is -0.378 e. The van der Waals surface area contributed by atoms with E-state index in [4.69, 9.17) is 9.47 Å². The van der Waals surface area contributed by atoms with Crippen molar-refractivity contribution in [2.75, 3.05) is 0 Å². The molecule has 5 rings (SSSR count). The highest BCUT2D eigenvalue weighted by Crippen LogP contribution is 2.54. The summed E-state index contributed by atoms with van der Waals surface area (Å²) in [5.41, 5.74) is -5.15. The summed E-state index contributed by atoms with van der Waals surface area (Å²) in [5, 5.41) is 0. The van der Waals surface area contributed by atoms with Crippen molar-refractivity contribution in [3.8, 4) is 0 Å². The summed E-state index contributed by atoms with van der Waals surface area (Å²) < 4.78 is 78.4. The summed E-state index contributed by atoms with van der Waals surface area (Å²) in [6.45, 7) is 3.29. The number of benzene rings is 1. The molecule has 26 heavy (non-hydrogen) atoms. The Balaban J connectivity index is 1.85. The standard InChI is InChI=1S/C17H17F3O5S/c1-15(2)23-13-7-11-8-14(24-26(21,22)17(18,19)20)16(13,25-15)9-10-5-3-4-6-12(10)11/h3-6,8,11,13H,7,9H2,1-2H3/t11-,13?,16-/m1/s1. The van der Waals surface area contributed by atoms with E-state index in [2.05, 4.69) is 4.18 Å². The number of alkyl halides is 3. The lowest BCUT2D eigenvalue weighted by atomic mass is 9.81. The van der Waals surface area contributed by atoms with Gasteiger partial charge >= 0.3 is 15.6 Å². The van der Waals surface area contributed by atoms with Crippen LogP contribution >= 0.6 is 0 Å². The van der Waals surface area contributed by atoms with Crippen LogP contribution in [0.25, 0.3) is 0 Å². The molecule has 2 bridgehead atoms. The van der Waals surface area contributed by atoms with Crippen LogP contribution in [0.1, 0.15) is 37.3 Å². The summed E-state index contributed by atoms with van der Waals surface area (Å²) in [7, 11) is -5.81. The number of hydrogen-bond donors (Lipinski definition) is 0. The van der Waals surface area contributed by atoms with Gasteiger partial charge in [0.2, 0.25) is 0 Å². The number of halogens is 3. The third kappa shape index (κ3) is 2.56. The van der Waals surface area contributed by atoms with Crippen LogP contribution in [-0.2, 0) is 30.2 Å². The normalized spacial score (nSPS) is 32.4. The largest absolute Gasteiger partial charge is 0.534 e. The molecule has 9 heteroatoms. The molecule has 0 amide bonds. The van der Waals surface area contributed by atoms with Crippen LogP contribution < -0.4 is 0 Å². The van der Waals surface area contributed by atoms with Crippen molar-refractivity contribution in [2.45, 2.75) is 55.6 Å². The second-order valence-electron chi connectivity index (χ2n) is 7.23. The Morgan fingerprint density at radius 1 is 1.23 bits per heavy atom. The summed E-state index contributed by atoms with van der Waals surface area (Å²) in [6.07, 6.45) is 1.46. The molecule has 0 radical (unpaired) electrons. The highest BCUT2D eigenvalue weighted by atomic mass is 32.2. The lowest BCUT2D eigenvalue weighted by Gasteiger charge is -2.36. The molecule has 1 spiro atoms. The van der Waals surface area contributed by atoms with Crippen LogP contribution in [0.2, 0.25) is 0 Å². The third-order valence-corrected chi connectivity index (χ3v) is 5.97. The van der Waals surface area contributed by atoms with Gasteiger partial charge in [-0.25, -0.2) is 0 Å². The molecule has 1 unspecified atom stereocenters. The quantitative estimate of drug-likeness (QED) is 0.572. The Kier molecular flexibility index (Phi) is 3.59. The molecule has 3 aliphatic carbocycles. The van der Waals surface area contributed by atoms with E-state index in [1.54, 1.807) is 13.8 Å². The third-order valence-electron chi connectivity index (χ3n) is 5.00. The molecule has 1 saturated heterocycles. The summed E-state index contributed by atoms with van der Waals surface area (Å²) in [4.78, 5) is 0. The van der Waals surface area contributed by atoms with E-state index in [-0.39, 0.29) is 18.1 Å². The van der Waals surface area contributed by atoms with Gasteiger partial charge in [-0.3, -0.25) is 0 Å². The topological polar surface area (TPSA) is 61.8 Å². The van der Waals surface area contributed by atoms with E-state index in [1.807, 2.05) is 24.3 Å². The van der Waals surface area contributed by atoms with Gasteiger partial charge in [-0.05, 0) is 37.5 Å². The molecule has 1 aromatic rings. The number of ether oxygens (including phenoxy) is 2. The Hall–Kier alpha value is -1.58. The minimum atomic E-state index is -5.81. The average molecular weight is 390 g/mol.